The largest absolute Gasteiger partial charge is 0.342 e. The molecule has 3 nitrogen and oxygen atoms in total. The summed E-state index contributed by atoms with van der Waals surface area (Å²) in [6.07, 6.45) is 0. The second kappa shape index (κ2) is 7.62. The van der Waals surface area contributed by atoms with Gasteiger partial charge in [0.15, 0.2) is 0 Å². The summed E-state index contributed by atoms with van der Waals surface area (Å²) < 4.78 is 12.9. The minimum absolute atomic E-state index is 0.261. The van der Waals surface area contributed by atoms with Gasteiger partial charge in [-0.05, 0) is 67.6 Å². The van der Waals surface area contributed by atoms with E-state index in [0.29, 0.717) is 11.3 Å². The van der Waals surface area contributed by atoms with Gasteiger partial charge in [-0.2, -0.15) is 0 Å². The second-order valence-corrected chi connectivity index (χ2v) is 5.59. The number of amides is 1. The number of anilines is 3. The van der Waals surface area contributed by atoms with Crippen LogP contribution >= 0.6 is 0 Å². The van der Waals surface area contributed by atoms with Gasteiger partial charge in [0.05, 0.1) is 0 Å². The van der Waals surface area contributed by atoms with Crippen LogP contribution in [0.2, 0.25) is 0 Å². The molecule has 3 aromatic carbocycles. The zero-order valence-corrected chi connectivity index (χ0v) is 13.9. The van der Waals surface area contributed by atoms with Gasteiger partial charge in [0.1, 0.15) is 5.82 Å². The molecule has 0 saturated heterocycles. The van der Waals surface area contributed by atoms with Gasteiger partial charge >= 0.3 is 0 Å². The maximum absolute atomic E-state index is 12.9. The SMILES string of the molecule is CCN(c1ccccc1)c1ccc(NC(=O)c2ccc(F)cc2)cc1. The highest BCUT2D eigenvalue weighted by atomic mass is 19.1. The predicted octanol–water partition coefficient (Wildman–Crippen LogP) is 5.24. The molecule has 0 saturated carbocycles. The Labute approximate surface area is 146 Å². The Hall–Kier alpha value is -3.14. The van der Waals surface area contributed by atoms with Gasteiger partial charge in [0, 0.05) is 29.2 Å². The maximum Gasteiger partial charge on any atom is 0.255 e. The molecule has 126 valence electrons. The summed E-state index contributed by atoms with van der Waals surface area (Å²) in [5.74, 6) is -0.621. The van der Waals surface area contributed by atoms with Crippen LogP contribution in [-0.2, 0) is 0 Å². The molecule has 0 aromatic heterocycles. The fourth-order valence-corrected chi connectivity index (χ4v) is 2.65. The van der Waals surface area contributed by atoms with E-state index in [0.717, 1.165) is 17.9 Å². The number of para-hydroxylation sites is 1. The lowest BCUT2D eigenvalue weighted by molar-refractivity contribution is 0.102. The Bertz CT molecular complexity index is 830. The lowest BCUT2D eigenvalue weighted by Gasteiger charge is -2.23. The van der Waals surface area contributed by atoms with Crippen LogP contribution in [0.15, 0.2) is 78.9 Å². The number of hydrogen-bond acceptors (Lipinski definition) is 2. The molecule has 0 unspecified atom stereocenters. The lowest BCUT2D eigenvalue weighted by Crippen LogP contribution is -2.16. The number of benzene rings is 3. The summed E-state index contributed by atoms with van der Waals surface area (Å²) in [6.45, 7) is 2.93. The fourth-order valence-electron chi connectivity index (χ4n) is 2.65. The molecule has 0 bridgehead atoms. The van der Waals surface area contributed by atoms with Crippen molar-refractivity contribution in [1.82, 2.24) is 0 Å². The Balaban J connectivity index is 1.73. The van der Waals surface area contributed by atoms with E-state index in [1.165, 1.54) is 24.3 Å². The molecule has 0 fully saturated rings. The zero-order chi connectivity index (χ0) is 17.6. The molecule has 25 heavy (non-hydrogen) atoms. The van der Waals surface area contributed by atoms with Crippen LogP contribution in [0, 0.1) is 5.82 Å². The maximum atomic E-state index is 12.9. The van der Waals surface area contributed by atoms with Gasteiger partial charge in [-0.15, -0.1) is 0 Å². The molecule has 0 radical (unpaired) electrons. The zero-order valence-electron chi connectivity index (χ0n) is 13.9. The molecule has 1 amide bonds. The molecule has 0 spiro atoms. The number of rotatable bonds is 5. The van der Waals surface area contributed by atoms with Crippen molar-refractivity contribution in [3.05, 3.63) is 90.2 Å². The van der Waals surface area contributed by atoms with Crippen molar-refractivity contribution in [2.45, 2.75) is 6.92 Å². The number of hydrogen-bond donors (Lipinski definition) is 1. The molecule has 1 N–H and O–H groups in total. The third kappa shape index (κ3) is 4.04. The first-order valence-electron chi connectivity index (χ1n) is 8.17. The highest BCUT2D eigenvalue weighted by Gasteiger charge is 2.09. The summed E-state index contributed by atoms with van der Waals surface area (Å²) >= 11 is 0. The van der Waals surface area contributed by atoms with Crippen LogP contribution in [0.5, 0.6) is 0 Å². The van der Waals surface area contributed by atoms with Crippen LogP contribution in [0.25, 0.3) is 0 Å². The monoisotopic (exact) mass is 334 g/mol. The van der Waals surface area contributed by atoms with Gasteiger partial charge in [0.25, 0.3) is 5.91 Å². The lowest BCUT2D eigenvalue weighted by atomic mass is 10.2. The Morgan fingerprint density at radius 2 is 1.48 bits per heavy atom. The Morgan fingerprint density at radius 1 is 0.880 bits per heavy atom. The quantitative estimate of drug-likeness (QED) is 0.692. The standard InChI is InChI=1S/C21H19FN2O/c1-2-24(19-6-4-3-5-7-19)20-14-12-18(13-15-20)23-21(25)16-8-10-17(22)11-9-16/h3-15H,2H2,1H3,(H,23,25). The van der Waals surface area contributed by atoms with Gasteiger partial charge in [-0.1, -0.05) is 18.2 Å². The van der Waals surface area contributed by atoms with Crippen LogP contribution in [0.3, 0.4) is 0 Å². The van der Waals surface area contributed by atoms with Crippen molar-refractivity contribution in [3.8, 4) is 0 Å². The molecule has 0 heterocycles. The van der Waals surface area contributed by atoms with E-state index in [1.807, 2.05) is 42.5 Å². The van der Waals surface area contributed by atoms with Gasteiger partial charge < -0.3 is 10.2 Å². The number of nitrogens with zero attached hydrogens (tertiary/aromatic N) is 1. The number of carbonyl (C=O) groups excluding carboxylic acids is 1. The van der Waals surface area contributed by atoms with Crippen LogP contribution in [0.4, 0.5) is 21.5 Å². The Morgan fingerprint density at radius 3 is 2.08 bits per heavy atom. The van der Waals surface area contributed by atoms with Crippen LogP contribution in [-0.4, -0.2) is 12.5 Å². The number of nitrogens with one attached hydrogen (secondary N) is 1. The summed E-state index contributed by atoms with van der Waals surface area (Å²) in [6, 6.07) is 23.3. The normalized spacial score (nSPS) is 10.3. The first-order chi connectivity index (χ1) is 12.2. The van der Waals surface area contributed by atoms with Gasteiger partial charge in [-0.3, -0.25) is 4.79 Å². The highest BCUT2D eigenvalue weighted by molar-refractivity contribution is 6.04. The molecule has 0 atom stereocenters. The molecule has 0 aliphatic rings. The first-order valence-corrected chi connectivity index (χ1v) is 8.17. The molecule has 3 aromatic rings. The van der Waals surface area contributed by atoms with Crippen molar-refractivity contribution in [2.75, 3.05) is 16.8 Å². The fraction of sp³-hybridized carbons (Fsp3) is 0.0952. The molecular weight excluding hydrogens is 315 g/mol. The summed E-state index contributed by atoms with van der Waals surface area (Å²) in [4.78, 5) is 14.4. The van der Waals surface area contributed by atoms with E-state index in [1.54, 1.807) is 0 Å². The smallest absolute Gasteiger partial charge is 0.255 e. The number of halogens is 1. The topological polar surface area (TPSA) is 32.3 Å². The van der Waals surface area contributed by atoms with Crippen LogP contribution < -0.4 is 10.2 Å². The molecule has 4 heteroatoms. The van der Waals surface area contributed by atoms with Crippen molar-refractivity contribution >= 4 is 23.0 Å². The van der Waals surface area contributed by atoms with Gasteiger partial charge in [0.2, 0.25) is 0 Å². The first kappa shape index (κ1) is 16.7. The van der Waals surface area contributed by atoms with E-state index < -0.39 is 0 Å². The van der Waals surface area contributed by atoms with Crippen molar-refractivity contribution in [2.24, 2.45) is 0 Å². The minimum Gasteiger partial charge on any atom is -0.342 e. The third-order valence-corrected chi connectivity index (χ3v) is 3.93. The molecular formula is C21H19FN2O. The Kier molecular flexibility index (Phi) is 5.09. The van der Waals surface area contributed by atoms with E-state index in [9.17, 15) is 9.18 Å². The summed E-state index contributed by atoms with van der Waals surface area (Å²) in [7, 11) is 0. The van der Waals surface area contributed by atoms with Crippen molar-refractivity contribution in [3.63, 3.8) is 0 Å². The average Bonchev–Trinajstić information content (AvgIpc) is 2.65. The van der Waals surface area contributed by atoms with Gasteiger partial charge in [-0.25, -0.2) is 4.39 Å². The molecule has 3 rings (SSSR count). The van der Waals surface area contributed by atoms with E-state index >= 15 is 0 Å². The van der Waals surface area contributed by atoms with E-state index in [-0.39, 0.29) is 11.7 Å². The van der Waals surface area contributed by atoms with E-state index in [4.69, 9.17) is 0 Å². The van der Waals surface area contributed by atoms with Crippen molar-refractivity contribution in [1.29, 1.82) is 0 Å². The summed E-state index contributed by atoms with van der Waals surface area (Å²) in [5, 5.41) is 2.82. The average molecular weight is 334 g/mol. The third-order valence-electron chi connectivity index (χ3n) is 3.93. The highest BCUT2D eigenvalue weighted by Crippen LogP contribution is 2.26. The second-order valence-electron chi connectivity index (χ2n) is 5.59. The predicted molar refractivity (Wildman–Crippen MR) is 99.9 cm³/mol. The van der Waals surface area contributed by atoms with E-state index in [2.05, 4.69) is 29.3 Å². The number of carbonyl (C=O) groups is 1. The summed E-state index contributed by atoms with van der Waals surface area (Å²) in [5.41, 5.74) is 3.29. The molecule has 0 aliphatic heterocycles. The van der Waals surface area contributed by atoms with Crippen LogP contribution in [0.1, 0.15) is 17.3 Å². The minimum atomic E-state index is -0.360. The molecule has 0 aliphatic carbocycles. The van der Waals surface area contributed by atoms with Crippen molar-refractivity contribution < 1.29 is 9.18 Å².